The molecule has 0 aliphatic carbocycles. The summed E-state index contributed by atoms with van der Waals surface area (Å²) in [6.45, 7) is 8.88. The number of nitrogens with one attached hydrogen (secondary N) is 2. The van der Waals surface area contributed by atoms with Gasteiger partial charge < -0.3 is 20.5 Å². The molecule has 1 saturated heterocycles. The molecule has 1 fully saturated rings. The van der Waals surface area contributed by atoms with Gasteiger partial charge in [0, 0.05) is 31.1 Å². The topological polar surface area (TPSA) is 69.1 Å². The van der Waals surface area contributed by atoms with Crippen LogP contribution >= 0.6 is 35.3 Å². The molecule has 1 aliphatic heterocycles. The molecule has 8 heteroatoms. The maximum atomic E-state index is 8.98. The summed E-state index contributed by atoms with van der Waals surface area (Å²) >= 11 is 1.78. The molecule has 1 aliphatic rings. The monoisotopic (exact) mass is 468 g/mol. The van der Waals surface area contributed by atoms with Gasteiger partial charge in [-0.3, -0.25) is 9.89 Å². The highest BCUT2D eigenvalue weighted by atomic mass is 127. The van der Waals surface area contributed by atoms with Crippen molar-refractivity contribution in [3.05, 3.63) is 22.4 Å². The summed E-state index contributed by atoms with van der Waals surface area (Å²) < 4.78 is 5.67. The van der Waals surface area contributed by atoms with Crippen LogP contribution in [0.5, 0.6) is 0 Å². The Morgan fingerprint density at radius 1 is 1.54 bits per heavy atom. The Morgan fingerprint density at radius 3 is 3.00 bits per heavy atom. The highest BCUT2D eigenvalue weighted by Crippen LogP contribution is 2.27. The van der Waals surface area contributed by atoms with Crippen molar-refractivity contribution in [2.45, 2.75) is 26.0 Å². The fourth-order valence-electron chi connectivity index (χ4n) is 2.69. The van der Waals surface area contributed by atoms with Crippen molar-refractivity contribution in [1.82, 2.24) is 15.5 Å². The number of halogens is 1. The first-order valence-corrected chi connectivity index (χ1v) is 9.14. The van der Waals surface area contributed by atoms with Crippen LogP contribution < -0.4 is 10.6 Å². The molecular weight excluding hydrogens is 439 g/mol. The van der Waals surface area contributed by atoms with Gasteiger partial charge in [0.2, 0.25) is 0 Å². The van der Waals surface area contributed by atoms with Crippen LogP contribution in [0.25, 0.3) is 0 Å². The van der Waals surface area contributed by atoms with Gasteiger partial charge in [-0.05, 0) is 25.3 Å². The SMILES string of the molecule is CCNC(=NCC(c1cccs1)N1CCOC(C)C1)NCCO.I. The lowest BCUT2D eigenvalue weighted by molar-refractivity contribution is -0.0327. The fraction of sp³-hybridized carbons (Fsp3) is 0.688. The molecule has 0 radical (unpaired) electrons. The quantitative estimate of drug-likeness (QED) is 0.323. The Balaban J connectivity index is 0.00000288. The van der Waals surface area contributed by atoms with E-state index in [-0.39, 0.29) is 42.7 Å². The van der Waals surface area contributed by atoms with Crippen LogP contribution in [0.1, 0.15) is 24.8 Å². The largest absolute Gasteiger partial charge is 0.395 e. The van der Waals surface area contributed by atoms with Crippen molar-refractivity contribution in [2.24, 2.45) is 4.99 Å². The first kappa shape index (κ1) is 21.6. The van der Waals surface area contributed by atoms with Crippen LogP contribution in [0.4, 0.5) is 0 Å². The second kappa shape index (κ2) is 12.0. The average molecular weight is 468 g/mol. The summed E-state index contributed by atoms with van der Waals surface area (Å²) in [5.41, 5.74) is 0. The standard InChI is InChI=1S/C16H28N4O2S.HI/c1-3-17-16(18-6-8-21)19-11-14(15-5-4-10-23-15)20-7-9-22-13(2)12-20;/h4-5,10,13-14,21H,3,6-9,11-12H2,1-2H3,(H2,17,18,19);1H. The average Bonchev–Trinajstić information content (AvgIpc) is 3.07. The molecule has 2 heterocycles. The third-order valence-electron chi connectivity index (χ3n) is 3.76. The molecule has 6 nitrogen and oxygen atoms in total. The molecule has 2 unspecified atom stereocenters. The summed E-state index contributed by atoms with van der Waals surface area (Å²) in [6.07, 6.45) is 0.260. The van der Waals surface area contributed by atoms with E-state index in [1.165, 1.54) is 4.88 Å². The first-order valence-electron chi connectivity index (χ1n) is 8.26. The number of nitrogens with zero attached hydrogens (tertiary/aromatic N) is 2. The summed E-state index contributed by atoms with van der Waals surface area (Å²) in [4.78, 5) is 8.51. The van der Waals surface area contributed by atoms with Gasteiger partial charge in [-0.2, -0.15) is 0 Å². The highest BCUT2D eigenvalue weighted by molar-refractivity contribution is 14.0. The van der Waals surface area contributed by atoms with Crippen molar-refractivity contribution in [3.63, 3.8) is 0 Å². The predicted octanol–water partition coefficient (Wildman–Crippen LogP) is 1.68. The molecular formula is C16H29IN4O2S. The van der Waals surface area contributed by atoms with Crippen molar-refractivity contribution >= 4 is 41.3 Å². The number of aliphatic hydroxyl groups excluding tert-OH is 1. The van der Waals surface area contributed by atoms with Crippen molar-refractivity contribution in [1.29, 1.82) is 0 Å². The van der Waals surface area contributed by atoms with Gasteiger partial charge in [-0.15, -0.1) is 35.3 Å². The first-order chi connectivity index (χ1) is 11.2. The molecule has 2 atom stereocenters. The minimum Gasteiger partial charge on any atom is -0.395 e. The zero-order chi connectivity index (χ0) is 16.5. The molecule has 0 bridgehead atoms. The van der Waals surface area contributed by atoms with E-state index in [9.17, 15) is 0 Å². The zero-order valence-corrected chi connectivity index (χ0v) is 17.5. The minimum atomic E-state index is 0. The van der Waals surface area contributed by atoms with Gasteiger partial charge in [-0.25, -0.2) is 0 Å². The minimum absolute atomic E-state index is 0. The molecule has 3 N–H and O–H groups in total. The van der Waals surface area contributed by atoms with Crippen LogP contribution in [0.3, 0.4) is 0 Å². The molecule has 2 rings (SSSR count). The number of morpholine rings is 1. The van der Waals surface area contributed by atoms with Gasteiger partial charge in [0.05, 0.1) is 31.9 Å². The van der Waals surface area contributed by atoms with Crippen LogP contribution in [0.2, 0.25) is 0 Å². The molecule has 138 valence electrons. The van der Waals surface area contributed by atoms with E-state index in [0.717, 1.165) is 32.2 Å². The van der Waals surface area contributed by atoms with E-state index < -0.39 is 0 Å². The molecule has 0 spiro atoms. The Kier molecular flexibility index (Phi) is 10.8. The molecule has 1 aromatic heterocycles. The number of aliphatic hydroxyl groups is 1. The number of guanidine groups is 1. The second-order valence-electron chi connectivity index (χ2n) is 5.58. The number of hydrogen-bond donors (Lipinski definition) is 3. The lowest BCUT2D eigenvalue weighted by atomic mass is 10.1. The van der Waals surface area contributed by atoms with E-state index in [4.69, 9.17) is 14.8 Å². The lowest BCUT2D eigenvalue weighted by Crippen LogP contribution is -2.44. The van der Waals surface area contributed by atoms with E-state index in [0.29, 0.717) is 13.1 Å². The Hall–Kier alpha value is -0.420. The van der Waals surface area contributed by atoms with Crippen molar-refractivity contribution < 1.29 is 9.84 Å². The predicted molar refractivity (Wildman–Crippen MR) is 111 cm³/mol. The Morgan fingerprint density at radius 2 is 2.38 bits per heavy atom. The molecule has 0 saturated carbocycles. The van der Waals surface area contributed by atoms with Crippen LogP contribution in [0, 0.1) is 0 Å². The molecule has 24 heavy (non-hydrogen) atoms. The molecule has 0 amide bonds. The Labute approximate surface area is 165 Å². The van der Waals surface area contributed by atoms with E-state index in [1.807, 2.05) is 6.92 Å². The smallest absolute Gasteiger partial charge is 0.191 e. The summed E-state index contributed by atoms with van der Waals surface area (Å²) in [5, 5.41) is 17.4. The number of rotatable bonds is 7. The third-order valence-corrected chi connectivity index (χ3v) is 4.73. The maximum absolute atomic E-state index is 8.98. The van der Waals surface area contributed by atoms with Gasteiger partial charge in [0.15, 0.2) is 5.96 Å². The third kappa shape index (κ3) is 6.83. The second-order valence-corrected chi connectivity index (χ2v) is 6.56. The van der Waals surface area contributed by atoms with E-state index in [2.05, 4.69) is 40.0 Å². The van der Waals surface area contributed by atoms with Gasteiger partial charge >= 0.3 is 0 Å². The number of hydrogen-bond acceptors (Lipinski definition) is 5. The van der Waals surface area contributed by atoms with Crippen LogP contribution in [-0.2, 0) is 4.74 Å². The van der Waals surface area contributed by atoms with Crippen molar-refractivity contribution in [3.8, 4) is 0 Å². The molecule has 1 aromatic rings. The summed E-state index contributed by atoms with van der Waals surface area (Å²) in [7, 11) is 0. The number of thiophene rings is 1. The lowest BCUT2D eigenvalue weighted by Gasteiger charge is -2.36. The number of ether oxygens (including phenoxy) is 1. The molecule has 0 aromatic carbocycles. The van der Waals surface area contributed by atoms with Crippen molar-refractivity contribution in [2.75, 3.05) is 45.9 Å². The normalized spacial score (nSPS) is 20.3. The van der Waals surface area contributed by atoms with Gasteiger partial charge in [0.25, 0.3) is 0 Å². The van der Waals surface area contributed by atoms with Crippen LogP contribution in [-0.4, -0.2) is 68.0 Å². The van der Waals surface area contributed by atoms with Crippen LogP contribution in [0.15, 0.2) is 22.5 Å². The summed E-state index contributed by atoms with van der Waals surface area (Å²) in [6, 6.07) is 4.54. The van der Waals surface area contributed by atoms with E-state index in [1.54, 1.807) is 11.3 Å². The maximum Gasteiger partial charge on any atom is 0.191 e. The van der Waals surface area contributed by atoms with Gasteiger partial charge in [0.1, 0.15) is 0 Å². The highest BCUT2D eigenvalue weighted by Gasteiger charge is 2.26. The van der Waals surface area contributed by atoms with Gasteiger partial charge in [-0.1, -0.05) is 6.07 Å². The summed E-state index contributed by atoms with van der Waals surface area (Å²) in [5.74, 6) is 0.754. The zero-order valence-electron chi connectivity index (χ0n) is 14.4. The fourth-order valence-corrected chi connectivity index (χ4v) is 3.54. The Bertz CT molecular complexity index is 473. The van der Waals surface area contributed by atoms with E-state index >= 15 is 0 Å². The number of aliphatic imine (C=N–C) groups is 1.